The van der Waals surface area contributed by atoms with Crippen LogP contribution in [0.4, 0.5) is 5.13 Å². The van der Waals surface area contributed by atoms with Gasteiger partial charge < -0.3 is 15.5 Å². The van der Waals surface area contributed by atoms with Crippen LogP contribution >= 0.6 is 34.5 Å². The molecular formula is C17H19Cl2N3O5S. The van der Waals surface area contributed by atoms with Gasteiger partial charge in [0.05, 0.1) is 26.7 Å². The minimum atomic E-state index is -1.35. The highest BCUT2D eigenvalue weighted by molar-refractivity contribution is 7.22. The van der Waals surface area contributed by atoms with Gasteiger partial charge in [0.15, 0.2) is 5.13 Å². The van der Waals surface area contributed by atoms with Crippen molar-refractivity contribution in [2.24, 2.45) is 5.92 Å². The molecule has 0 saturated heterocycles. The van der Waals surface area contributed by atoms with Crippen LogP contribution in [0, 0.1) is 5.92 Å². The number of carboxylic acid groups (broad SMARTS) is 2. The zero-order chi connectivity index (χ0) is 21.0. The van der Waals surface area contributed by atoms with Crippen molar-refractivity contribution in [2.75, 3.05) is 5.32 Å². The van der Waals surface area contributed by atoms with Gasteiger partial charge in [-0.05, 0) is 24.5 Å². The number of fused-ring (bicyclic) bond motifs is 1. The van der Waals surface area contributed by atoms with Crippen molar-refractivity contribution in [1.82, 2.24) is 10.3 Å². The number of thiazole rings is 1. The Morgan fingerprint density at radius 3 is 2.29 bits per heavy atom. The molecular weight excluding hydrogens is 429 g/mol. The molecule has 2 atom stereocenters. The van der Waals surface area contributed by atoms with E-state index in [2.05, 4.69) is 15.6 Å². The van der Waals surface area contributed by atoms with E-state index in [0.717, 1.165) is 11.3 Å². The maximum absolute atomic E-state index is 12.3. The fraction of sp³-hybridized carbons (Fsp3) is 0.412. The van der Waals surface area contributed by atoms with E-state index in [1.165, 1.54) is 0 Å². The number of nitrogens with zero attached hydrogens (tertiary/aromatic N) is 1. The van der Waals surface area contributed by atoms with Gasteiger partial charge in [0.25, 0.3) is 0 Å². The van der Waals surface area contributed by atoms with Crippen molar-refractivity contribution in [2.45, 2.75) is 38.8 Å². The number of carboxylic acids is 2. The number of anilines is 1. The zero-order valence-corrected chi connectivity index (χ0v) is 17.4. The van der Waals surface area contributed by atoms with Crippen molar-refractivity contribution in [1.29, 1.82) is 0 Å². The third kappa shape index (κ3) is 6.03. The fourth-order valence-corrected chi connectivity index (χ4v) is 3.79. The van der Waals surface area contributed by atoms with Gasteiger partial charge in [-0.15, -0.1) is 0 Å². The van der Waals surface area contributed by atoms with Crippen LogP contribution in [-0.2, 0) is 14.4 Å². The van der Waals surface area contributed by atoms with E-state index in [0.29, 0.717) is 20.3 Å². The second-order valence-electron chi connectivity index (χ2n) is 6.58. The number of benzene rings is 1. The third-order valence-electron chi connectivity index (χ3n) is 3.77. The van der Waals surface area contributed by atoms with Crippen LogP contribution in [0.25, 0.3) is 10.2 Å². The number of amides is 1. The first-order chi connectivity index (χ1) is 13.1. The Bertz CT molecular complexity index is 863. The number of aliphatic carboxylic acids is 2. The van der Waals surface area contributed by atoms with Crippen LogP contribution in [0.5, 0.6) is 0 Å². The molecule has 0 aliphatic heterocycles. The van der Waals surface area contributed by atoms with E-state index in [1.807, 2.05) is 13.8 Å². The molecule has 1 aromatic carbocycles. The van der Waals surface area contributed by atoms with E-state index in [1.54, 1.807) is 12.1 Å². The van der Waals surface area contributed by atoms with Crippen LogP contribution in [-0.4, -0.2) is 45.1 Å². The highest BCUT2D eigenvalue weighted by atomic mass is 35.5. The minimum Gasteiger partial charge on any atom is -0.480 e. The van der Waals surface area contributed by atoms with Crippen molar-refractivity contribution in [3.05, 3.63) is 22.2 Å². The number of aromatic nitrogens is 1. The molecule has 28 heavy (non-hydrogen) atoms. The molecule has 8 nitrogen and oxygen atoms in total. The predicted octanol–water partition coefficient (Wildman–Crippen LogP) is 3.47. The van der Waals surface area contributed by atoms with Gasteiger partial charge in [-0.3, -0.25) is 19.7 Å². The molecule has 1 amide bonds. The van der Waals surface area contributed by atoms with E-state index < -0.39 is 36.4 Å². The second kappa shape index (κ2) is 9.51. The molecule has 2 rings (SSSR count). The summed E-state index contributed by atoms with van der Waals surface area (Å²) in [4.78, 5) is 39.3. The monoisotopic (exact) mass is 447 g/mol. The summed E-state index contributed by atoms with van der Waals surface area (Å²) in [7, 11) is 0. The molecule has 4 N–H and O–H groups in total. The van der Waals surface area contributed by atoms with Gasteiger partial charge >= 0.3 is 11.9 Å². The molecule has 0 aliphatic carbocycles. The van der Waals surface area contributed by atoms with Crippen molar-refractivity contribution in [3.63, 3.8) is 0 Å². The number of hydrogen-bond acceptors (Lipinski definition) is 6. The van der Waals surface area contributed by atoms with Crippen LogP contribution in [0.15, 0.2) is 12.1 Å². The van der Waals surface area contributed by atoms with Crippen LogP contribution < -0.4 is 10.6 Å². The average molecular weight is 448 g/mol. The fourth-order valence-electron chi connectivity index (χ4n) is 2.50. The average Bonchev–Trinajstić information content (AvgIpc) is 2.93. The first kappa shape index (κ1) is 22.4. The lowest BCUT2D eigenvalue weighted by atomic mass is 10.0. The molecule has 2 aromatic rings. The molecule has 152 valence electrons. The Labute approximate surface area is 174 Å². The summed E-state index contributed by atoms with van der Waals surface area (Å²) in [6.45, 7) is 3.65. The quantitative estimate of drug-likeness (QED) is 0.462. The van der Waals surface area contributed by atoms with Gasteiger partial charge in [-0.1, -0.05) is 48.4 Å². The summed E-state index contributed by atoms with van der Waals surface area (Å²) in [5.74, 6) is -3.04. The summed E-state index contributed by atoms with van der Waals surface area (Å²) in [5.41, 5.74) is 0.547. The Morgan fingerprint density at radius 2 is 1.71 bits per heavy atom. The molecule has 0 spiro atoms. The van der Waals surface area contributed by atoms with Gasteiger partial charge in [0, 0.05) is 0 Å². The molecule has 0 bridgehead atoms. The first-order valence-corrected chi connectivity index (χ1v) is 9.91. The van der Waals surface area contributed by atoms with Crippen molar-refractivity contribution < 1.29 is 24.6 Å². The van der Waals surface area contributed by atoms with Crippen LogP contribution in [0.2, 0.25) is 10.0 Å². The topological polar surface area (TPSA) is 129 Å². The number of carbonyl (C=O) groups is 3. The van der Waals surface area contributed by atoms with Gasteiger partial charge in [-0.2, -0.15) is 0 Å². The predicted molar refractivity (Wildman–Crippen MR) is 108 cm³/mol. The lowest BCUT2D eigenvalue weighted by Gasteiger charge is -2.21. The number of carbonyl (C=O) groups excluding carboxylic acids is 1. The molecule has 0 fully saturated rings. The molecule has 11 heteroatoms. The Kier molecular flexibility index (Phi) is 7.59. The van der Waals surface area contributed by atoms with Crippen molar-refractivity contribution >= 4 is 67.7 Å². The third-order valence-corrected chi connectivity index (χ3v) is 5.43. The number of nitrogens with one attached hydrogen (secondary N) is 2. The van der Waals surface area contributed by atoms with E-state index in [9.17, 15) is 24.6 Å². The standard InChI is InChI=1S/C17H19Cl2N3O5S/c1-7(2)3-11(15(24)25)20-12(16(26)27)6-14(23)22-17-21-10-4-8(18)9(19)5-13(10)28-17/h4-5,7,11-12,20H,3,6H2,1-2H3,(H,24,25)(H,26,27)(H,21,22,23)/t11-,12-/m0/s1. The zero-order valence-electron chi connectivity index (χ0n) is 15.0. The first-order valence-electron chi connectivity index (χ1n) is 8.34. The van der Waals surface area contributed by atoms with Gasteiger partial charge in [0.1, 0.15) is 12.1 Å². The maximum Gasteiger partial charge on any atom is 0.321 e. The molecule has 1 aromatic heterocycles. The lowest BCUT2D eigenvalue weighted by Crippen LogP contribution is -2.49. The summed E-state index contributed by atoms with van der Waals surface area (Å²) in [6, 6.07) is 0.771. The summed E-state index contributed by atoms with van der Waals surface area (Å²) in [5, 5.41) is 24.6. The minimum absolute atomic E-state index is 0.0401. The number of rotatable bonds is 9. The molecule has 0 saturated carbocycles. The summed E-state index contributed by atoms with van der Waals surface area (Å²) >= 11 is 13.1. The number of hydrogen-bond donors (Lipinski definition) is 4. The van der Waals surface area contributed by atoms with Gasteiger partial charge in [-0.25, -0.2) is 4.98 Å². The Balaban J connectivity index is 2.07. The lowest BCUT2D eigenvalue weighted by molar-refractivity contribution is -0.144. The van der Waals surface area contributed by atoms with Crippen LogP contribution in [0.3, 0.4) is 0 Å². The van der Waals surface area contributed by atoms with E-state index in [-0.39, 0.29) is 17.5 Å². The highest BCUT2D eigenvalue weighted by Gasteiger charge is 2.28. The Morgan fingerprint density at radius 1 is 1.11 bits per heavy atom. The number of halogens is 2. The second-order valence-corrected chi connectivity index (χ2v) is 8.43. The van der Waals surface area contributed by atoms with Crippen molar-refractivity contribution in [3.8, 4) is 0 Å². The maximum atomic E-state index is 12.3. The van der Waals surface area contributed by atoms with Gasteiger partial charge in [0.2, 0.25) is 5.91 Å². The SMILES string of the molecule is CC(C)C[C@H](N[C@@H](CC(=O)Nc1nc2cc(Cl)c(Cl)cc2s1)C(=O)O)C(=O)O. The summed E-state index contributed by atoms with van der Waals surface area (Å²) < 4.78 is 0.709. The molecule has 0 aliphatic rings. The molecule has 0 unspecified atom stereocenters. The Hall–Kier alpha value is -1.94. The smallest absolute Gasteiger partial charge is 0.321 e. The normalized spacial score (nSPS) is 13.5. The summed E-state index contributed by atoms with van der Waals surface area (Å²) in [6.07, 6.45) is -0.214. The largest absolute Gasteiger partial charge is 0.480 e. The van der Waals surface area contributed by atoms with Crippen LogP contribution in [0.1, 0.15) is 26.7 Å². The van der Waals surface area contributed by atoms with E-state index >= 15 is 0 Å². The highest BCUT2D eigenvalue weighted by Crippen LogP contribution is 2.33. The van der Waals surface area contributed by atoms with E-state index in [4.69, 9.17) is 23.2 Å². The molecule has 1 heterocycles. The molecule has 0 radical (unpaired) electrons.